The van der Waals surface area contributed by atoms with E-state index in [0.29, 0.717) is 5.56 Å². The number of halogens is 1. The summed E-state index contributed by atoms with van der Waals surface area (Å²) in [6.07, 6.45) is 1.83. The molecule has 0 radical (unpaired) electrons. The van der Waals surface area contributed by atoms with Crippen LogP contribution in [-0.4, -0.2) is 9.59 Å². The van der Waals surface area contributed by atoms with Crippen LogP contribution in [0.4, 0.5) is 4.39 Å². The molecule has 1 heterocycles. The largest absolute Gasteiger partial charge is 0.271 e. The zero-order valence-electron chi connectivity index (χ0n) is 11.0. The molecule has 2 rings (SSSR count). The molecule has 6 heteroatoms. The Hall–Kier alpha value is -1.37. The second-order valence-corrected chi connectivity index (χ2v) is 5.23. The first kappa shape index (κ1) is 14.0. The Kier molecular flexibility index (Phi) is 4.57. The molecule has 2 aromatic rings. The van der Waals surface area contributed by atoms with Crippen LogP contribution in [0.2, 0.25) is 0 Å². The van der Waals surface area contributed by atoms with Gasteiger partial charge in [0.05, 0.1) is 16.6 Å². The van der Waals surface area contributed by atoms with Gasteiger partial charge in [0.15, 0.2) is 0 Å². The lowest BCUT2D eigenvalue weighted by atomic mass is 10.0. The van der Waals surface area contributed by atoms with E-state index >= 15 is 0 Å². The maximum Gasteiger partial charge on any atom is 0.126 e. The highest BCUT2D eigenvalue weighted by Gasteiger charge is 2.20. The molecule has 19 heavy (non-hydrogen) atoms. The van der Waals surface area contributed by atoms with Crippen molar-refractivity contribution in [3.05, 3.63) is 45.7 Å². The summed E-state index contributed by atoms with van der Waals surface area (Å²) in [7, 11) is 0. The van der Waals surface area contributed by atoms with Gasteiger partial charge in [-0.25, -0.2) is 9.82 Å². The van der Waals surface area contributed by atoms with Crippen LogP contribution in [0.5, 0.6) is 0 Å². The van der Waals surface area contributed by atoms with Crippen molar-refractivity contribution in [3.63, 3.8) is 0 Å². The van der Waals surface area contributed by atoms with Crippen molar-refractivity contribution in [1.82, 2.24) is 15.0 Å². The third-order valence-corrected chi connectivity index (χ3v) is 3.86. The molecule has 4 nitrogen and oxygen atoms in total. The van der Waals surface area contributed by atoms with Crippen molar-refractivity contribution < 1.29 is 4.39 Å². The van der Waals surface area contributed by atoms with Gasteiger partial charge in [0.2, 0.25) is 0 Å². The first-order valence-corrected chi connectivity index (χ1v) is 6.98. The molecular formula is C13H17FN4S. The fourth-order valence-corrected chi connectivity index (χ4v) is 2.74. The molecule has 102 valence electrons. The number of benzene rings is 1. The van der Waals surface area contributed by atoms with Crippen LogP contribution in [0.1, 0.15) is 41.1 Å². The first-order chi connectivity index (χ1) is 9.17. The van der Waals surface area contributed by atoms with Crippen LogP contribution < -0.4 is 11.3 Å². The predicted octanol–water partition coefficient (Wildman–Crippen LogP) is 2.49. The van der Waals surface area contributed by atoms with Gasteiger partial charge >= 0.3 is 0 Å². The number of rotatable bonds is 5. The van der Waals surface area contributed by atoms with Crippen molar-refractivity contribution in [1.29, 1.82) is 0 Å². The summed E-state index contributed by atoms with van der Waals surface area (Å²) < 4.78 is 17.6. The number of nitrogens with two attached hydrogens (primary N) is 1. The molecule has 1 aromatic heterocycles. The van der Waals surface area contributed by atoms with Crippen molar-refractivity contribution in [3.8, 4) is 0 Å². The SMILES string of the molecule is CCCc1nnsc1C(NN)c1ccc(C)c(F)c1. The van der Waals surface area contributed by atoms with Crippen LogP contribution in [0.3, 0.4) is 0 Å². The Morgan fingerprint density at radius 3 is 2.89 bits per heavy atom. The Bertz CT molecular complexity index is 555. The predicted molar refractivity (Wildman–Crippen MR) is 74.2 cm³/mol. The van der Waals surface area contributed by atoms with E-state index in [4.69, 9.17) is 5.84 Å². The van der Waals surface area contributed by atoms with Crippen LogP contribution >= 0.6 is 11.5 Å². The van der Waals surface area contributed by atoms with Gasteiger partial charge in [0.1, 0.15) is 5.82 Å². The second kappa shape index (κ2) is 6.18. The molecule has 0 bridgehead atoms. The maximum atomic E-state index is 13.7. The number of nitrogens with zero attached hydrogens (tertiary/aromatic N) is 2. The van der Waals surface area contributed by atoms with Crippen molar-refractivity contribution in [2.75, 3.05) is 0 Å². The molecule has 1 unspecified atom stereocenters. The van der Waals surface area contributed by atoms with E-state index in [-0.39, 0.29) is 11.9 Å². The lowest BCUT2D eigenvalue weighted by Crippen LogP contribution is -2.29. The van der Waals surface area contributed by atoms with Gasteiger partial charge in [-0.1, -0.05) is 30.0 Å². The molecule has 1 aromatic carbocycles. The topological polar surface area (TPSA) is 63.8 Å². The molecule has 0 spiro atoms. The van der Waals surface area contributed by atoms with Gasteiger partial charge in [-0.15, -0.1) is 5.10 Å². The Morgan fingerprint density at radius 2 is 2.26 bits per heavy atom. The number of hydrogen-bond acceptors (Lipinski definition) is 5. The minimum absolute atomic E-state index is 0.229. The highest BCUT2D eigenvalue weighted by atomic mass is 32.1. The summed E-state index contributed by atoms with van der Waals surface area (Å²) in [6, 6.07) is 4.87. The van der Waals surface area contributed by atoms with E-state index in [1.807, 2.05) is 6.07 Å². The van der Waals surface area contributed by atoms with Crippen molar-refractivity contribution >= 4 is 11.5 Å². The highest BCUT2D eigenvalue weighted by molar-refractivity contribution is 7.05. The monoisotopic (exact) mass is 280 g/mol. The van der Waals surface area contributed by atoms with Crippen molar-refractivity contribution in [2.24, 2.45) is 5.84 Å². The second-order valence-electron chi connectivity index (χ2n) is 4.44. The molecule has 0 fully saturated rings. The van der Waals surface area contributed by atoms with Crippen LogP contribution in [0.15, 0.2) is 18.2 Å². The average molecular weight is 280 g/mol. The summed E-state index contributed by atoms with van der Waals surface area (Å²) in [6.45, 7) is 3.82. The first-order valence-electron chi connectivity index (χ1n) is 6.20. The molecule has 1 atom stereocenters. The molecule has 0 aliphatic heterocycles. The summed E-state index contributed by atoms with van der Waals surface area (Å²) in [5.74, 6) is 5.40. The van der Waals surface area contributed by atoms with E-state index in [2.05, 4.69) is 21.9 Å². The highest BCUT2D eigenvalue weighted by Crippen LogP contribution is 2.28. The fourth-order valence-electron chi connectivity index (χ4n) is 1.96. The molecular weight excluding hydrogens is 263 g/mol. The molecule has 3 N–H and O–H groups in total. The lowest BCUT2D eigenvalue weighted by Gasteiger charge is -2.16. The third-order valence-electron chi connectivity index (χ3n) is 3.03. The van der Waals surface area contributed by atoms with Crippen molar-refractivity contribution in [2.45, 2.75) is 32.7 Å². The van der Waals surface area contributed by atoms with E-state index in [1.165, 1.54) is 17.6 Å². The molecule has 0 aliphatic carbocycles. The van der Waals surface area contributed by atoms with Crippen LogP contribution in [-0.2, 0) is 6.42 Å². The summed E-state index contributed by atoms with van der Waals surface area (Å²) in [5, 5.41) is 4.12. The third kappa shape index (κ3) is 2.97. The number of aromatic nitrogens is 2. The number of aryl methyl sites for hydroxylation is 2. The van der Waals surface area contributed by atoms with Gasteiger partial charge in [-0.05, 0) is 42.1 Å². The van der Waals surface area contributed by atoms with E-state index < -0.39 is 0 Å². The Balaban J connectivity index is 2.38. The maximum absolute atomic E-state index is 13.7. The van der Waals surface area contributed by atoms with E-state index in [9.17, 15) is 4.39 Å². The number of nitrogens with one attached hydrogen (secondary N) is 1. The zero-order chi connectivity index (χ0) is 13.8. The Morgan fingerprint density at radius 1 is 1.47 bits per heavy atom. The van der Waals surface area contributed by atoms with Gasteiger partial charge in [-0.2, -0.15) is 0 Å². The summed E-state index contributed by atoms with van der Waals surface area (Å²) >= 11 is 1.30. The molecule has 0 saturated heterocycles. The number of hydrogen-bond donors (Lipinski definition) is 2. The molecule has 0 aliphatic rings. The number of hydrazine groups is 1. The summed E-state index contributed by atoms with van der Waals surface area (Å²) in [4.78, 5) is 0.951. The lowest BCUT2D eigenvalue weighted by molar-refractivity contribution is 0.599. The van der Waals surface area contributed by atoms with E-state index in [0.717, 1.165) is 29.0 Å². The fraction of sp³-hybridized carbons (Fsp3) is 0.385. The van der Waals surface area contributed by atoms with Crippen LogP contribution in [0.25, 0.3) is 0 Å². The zero-order valence-corrected chi connectivity index (χ0v) is 11.8. The van der Waals surface area contributed by atoms with Gasteiger partial charge in [0.25, 0.3) is 0 Å². The standard InChI is InChI=1S/C13H17FN4S/c1-3-4-11-13(19-18-17-11)12(16-15)9-6-5-8(2)10(14)7-9/h5-7,12,16H,3-4,15H2,1-2H3. The average Bonchev–Trinajstić information content (AvgIpc) is 2.83. The van der Waals surface area contributed by atoms with Gasteiger partial charge < -0.3 is 0 Å². The minimum Gasteiger partial charge on any atom is -0.271 e. The molecule has 0 saturated carbocycles. The van der Waals surface area contributed by atoms with Gasteiger partial charge in [-0.3, -0.25) is 5.84 Å². The molecule has 0 amide bonds. The van der Waals surface area contributed by atoms with E-state index in [1.54, 1.807) is 13.0 Å². The van der Waals surface area contributed by atoms with Crippen LogP contribution in [0, 0.1) is 12.7 Å². The smallest absolute Gasteiger partial charge is 0.126 e. The van der Waals surface area contributed by atoms with Gasteiger partial charge in [0, 0.05) is 0 Å². The Labute approximate surface area is 116 Å². The summed E-state index contributed by atoms with van der Waals surface area (Å²) in [5.41, 5.74) is 5.06. The normalized spacial score (nSPS) is 12.6. The quantitative estimate of drug-likeness (QED) is 0.652. The minimum atomic E-state index is -0.267.